The van der Waals surface area contributed by atoms with Gasteiger partial charge in [0.2, 0.25) is 5.91 Å². The molecule has 1 N–H and O–H groups in total. The Balaban J connectivity index is 1.88. The smallest absolute Gasteiger partial charge is 0.305 e. The number of nitrogens with zero attached hydrogens (tertiary/aromatic N) is 1. The lowest BCUT2D eigenvalue weighted by atomic mass is 10.1. The number of amides is 1. The number of carboxylic acid groups (broad SMARTS) is 1. The van der Waals surface area contributed by atoms with E-state index in [0.29, 0.717) is 13.2 Å². The van der Waals surface area contributed by atoms with Crippen molar-refractivity contribution < 1.29 is 19.4 Å². The summed E-state index contributed by atoms with van der Waals surface area (Å²) in [4.78, 5) is 24.6. The molecule has 5 heteroatoms. The molecule has 2 fully saturated rings. The van der Waals surface area contributed by atoms with Crippen molar-refractivity contribution in [1.29, 1.82) is 0 Å². The molecule has 3 atom stereocenters. The molecular weight excluding hydrogens is 222 g/mol. The highest BCUT2D eigenvalue weighted by molar-refractivity contribution is 5.83. The van der Waals surface area contributed by atoms with Crippen molar-refractivity contribution >= 4 is 11.9 Å². The molecule has 1 saturated heterocycles. The summed E-state index contributed by atoms with van der Waals surface area (Å²) < 4.78 is 5.40. The third-order valence-electron chi connectivity index (χ3n) is 3.50. The van der Waals surface area contributed by atoms with Crippen LogP contribution in [0.4, 0.5) is 0 Å². The van der Waals surface area contributed by atoms with Gasteiger partial charge in [0.15, 0.2) is 0 Å². The van der Waals surface area contributed by atoms with E-state index in [-0.39, 0.29) is 30.4 Å². The molecule has 0 aromatic heterocycles. The van der Waals surface area contributed by atoms with Gasteiger partial charge < -0.3 is 14.7 Å². The first-order valence-electron chi connectivity index (χ1n) is 6.27. The quantitative estimate of drug-likeness (QED) is 0.775. The van der Waals surface area contributed by atoms with Gasteiger partial charge >= 0.3 is 5.97 Å². The van der Waals surface area contributed by atoms with E-state index in [1.54, 1.807) is 4.90 Å². The van der Waals surface area contributed by atoms with E-state index in [4.69, 9.17) is 9.84 Å². The molecule has 0 aromatic rings. The van der Waals surface area contributed by atoms with Crippen LogP contribution in [0, 0.1) is 5.92 Å². The van der Waals surface area contributed by atoms with Gasteiger partial charge in [-0.1, -0.05) is 0 Å². The van der Waals surface area contributed by atoms with Crippen molar-refractivity contribution in [2.75, 3.05) is 13.2 Å². The first-order valence-corrected chi connectivity index (χ1v) is 6.27. The second-order valence-corrected chi connectivity index (χ2v) is 4.76. The topological polar surface area (TPSA) is 66.8 Å². The molecule has 0 bridgehead atoms. The number of hydrogen-bond donors (Lipinski definition) is 1. The second kappa shape index (κ2) is 5.04. The summed E-state index contributed by atoms with van der Waals surface area (Å²) in [5.74, 6) is -0.761. The van der Waals surface area contributed by atoms with Gasteiger partial charge in [0, 0.05) is 19.2 Å². The molecule has 1 heterocycles. The summed E-state index contributed by atoms with van der Waals surface area (Å²) in [6.07, 6.45) is 2.65. The van der Waals surface area contributed by atoms with Crippen molar-refractivity contribution in [2.24, 2.45) is 5.92 Å². The summed E-state index contributed by atoms with van der Waals surface area (Å²) in [6, 6.07) is -0.108. The Morgan fingerprint density at radius 2 is 2.24 bits per heavy atom. The molecule has 96 valence electrons. The van der Waals surface area contributed by atoms with Crippen molar-refractivity contribution in [2.45, 2.75) is 44.8 Å². The van der Waals surface area contributed by atoms with Crippen LogP contribution >= 0.6 is 0 Å². The van der Waals surface area contributed by atoms with Gasteiger partial charge in [0.05, 0.1) is 18.4 Å². The lowest BCUT2D eigenvalue weighted by molar-refractivity contribution is -0.140. The molecule has 0 spiro atoms. The first kappa shape index (κ1) is 12.4. The first-order chi connectivity index (χ1) is 8.13. The monoisotopic (exact) mass is 241 g/mol. The van der Waals surface area contributed by atoms with Gasteiger partial charge in [-0.3, -0.25) is 9.59 Å². The number of hydrogen-bond acceptors (Lipinski definition) is 3. The van der Waals surface area contributed by atoms with E-state index in [2.05, 4.69) is 0 Å². The normalized spacial score (nSPS) is 31.6. The Hall–Kier alpha value is -1.10. The molecule has 2 aliphatic rings. The molecular formula is C12H19NO4. The number of rotatable bonds is 5. The van der Waals surface area contributed by atoms with Gasteiger partial charge in [0.1, 0.15) is 0 Å². The summed E-state index contributed by atoms with van der Waals surface area (Å²) in [5, 5.41) is 8.80. The van der Waals surface area contributed by atoms with E-state index < -0.39 is 5.97 Å². The maximum atomic E-state index is 12.1. The van der Waals surface area contributed by atoms with Gasteiger partial charge in [-0.25, -0.2) is 0 Å². The number of carboxylic acids is 1. The zero-order chi connectivity index (χ0) is 12.4. The third-order valence-corrected chi connectivity index (χ3v) is 3.50. The number of ether oxygens (including phenoxy) is 1. The van der Waals surface area contributed by atoms with Crippen LogP contribution in [0.5, 0.6) is 0 Å². The fraction of sp³-hybridized carbons (Fsp3) is 0.833. The third kappa shape index (κ3) is 2.77. The van der Waals surface area contributed by atoms with Crippen LogP contribution in [0.3, 0.4) is 0 Å². The Morgan fingerprint density at radius 3 is 2.88 bits per heavy atom. The Bertz CT molecular complexity index is 318. The van der Waals surface area contributed by atoms with Gasteiger partial charge in [-0.15, -0.1) is 0 Å². The predicted octanol–water partition coefficient (Wildman–Crippen LogP) is 0.877. The Kier molecular flexibility index (Phi) is 3.66. The van der Waals surface area contributed by atoms with Crippen molar-refractivity contribution in [1.82, 2.24) is 4.90 Å². The van der Waals surface area contributed by atoms with Crippen LogP contribution in [0.2, 0.25) is 0 Å². The number of carbonyl (C=O) groups is 2. The Labute approximate surface area is 101 Å². The predicted molar refractivity (Wildman–Crippen MR) is 60.5 cm³/mol. The van der Waals surface area contributed by atoms with Crippen LogP contribution in [-0.2, 0) is 14.3 Å². The minimum Gasteiger partial charge on any atom is -0.481 e. The van der Waals surface area contributed by atoms with Gasteiger partial charge in [-0.05, 0) is 26.2 Å². The molecule has 0 radical (unpaired) electrons. The molecule has 5 nitrogen and oxygen atoms in total. The van der Waals surface area contributed by atoms with E-state index in [1.807, 2.05) is 6.92 Å². The van der Waals surface area contributed by atoms with Gasteiger partial charge in [-0.2, -0.15) is 0 Å². The lowest BCUT2D eigenvalue weighted by Crippen LogP contribution is -2.38. The number of aliphatic carboxylic acids is 1. The highest BCUT2D eigenvalue weighted by Gasteiger charge is 2.47. The maximum Gasteiger partial charge on any atom is 0.305 e. The average Bonchev–Trinajstić information content (AvgIpc) is 2.88. The lowest BCUT2D eigenvalue weighted by Gasteiger charge is -2.23. The summed E-state index contributed by atoms with van der Waals surface area (Å²) in [6.45, 7) is 3.25. The SMILES string of the molecule is CCOC1CC1C(=O)N1CCCC1CC(=O)O. The van der Waals surface area contributed by atoms with Crippen LogP contribution < -0.4 is 0 Å². The average molecular weight is 241 g/mol. The molecule has 1 amide bonds. The molecule has 3 unspecified atom stereocenters. The van der Waals surface area contributed by atoms with Crippen LogP contribution in [0.1, 0.15) is 32.6 Å². The molecule has 17 heavy (non-hydrogen) atoms. The van der Waals surface area contributed by atoms with Crippen molar-refractivity contribution in [3.8, 4) is 0 Å². The highest BCUT2D eigenvalue weighted by Crippen LogP contribution is 2.37. The molecule has 2 rings (SSSR count). The van der Waals surface area contributed by atoms with Gasteiger partial charge in [0.25, 0.3) is 0 Å². The standard InChI is InChI=1S/C12H19NO4/c1-2-17-10-7-9(10)12(16)13-5-3-4-8(13)6-11(14)15/h8-10H,2-7H2,1H3,(H,14,15). The minimum absolute atomic E-state index is 0.0238. The minimum atomic E-state index is -0.827. The fourth-order valence-corrected chi connectivity index (χ4v) is 2.58. The molecule has 0 aromatic carbocycles. The zero-order valence-electron chi connectivity index (χ0n) is 10.1. The summed E-state index contributed by atoms with van der Waals surface area (Å²) >= 11 is 0. The van der Waals surface area contributed by atoms with E-state index in [1.165, 1.54) is 0 Å². The number of likely N-dealkylation sites (tertiary alicyclic amines) is 1. The second-order valence-electron chi connectivity index (χ2n) is 4.76. The van der Waals surface area contributed by atoms with Crippen LogP contribution in [0.15, 0.2) is 0 Å². The summed E-state index contributed by atoms with van der Waals surface area (Å²) in [5.41, 5.74) is 0. The molecule has 1 aliphatic heterocycles. The molecule has 1 aliphatic carbocycles. The van der Waals surface area contributed by atoms with Crippen LogP contribution in [0.25, 0.3) is 0 Å². The van der Waals surface area contributed by atoms with E-state index in [0.717, 1.165) is 19.3 Å². The highest BCUT2D eigenvalue weighted by atomic mass is 16.5. The number of carbonyl (C=O) groups excluding carboxylic acids is 1. The van der Waals surface area contributed by atoms with Crippen molar-refractivity contribution in [3.63, 3.8) is 0 Å². The van der Waals surface area contributed by atoms with E-state index >= 15 is 0 Å². The summed E-state index contributed by atoms with van der Waals surface area (Å²) in [7, 11) is 0. The van der Waals surface area contributed by atoms with Crippen LogP contribution in [-0.4, -0.2) is 47.2 Å². The molecule has 1 saturated carbocycles. The largest absolute Gasteiger partial charge is 0.481 e. The van der Waals surface area contributed by atoms with E-state index in [9.17, 15) is 9.59 Å². The zero-order valence-corrected chi connectivity index (χ0v) is 10.1. The Morgan fingerprint density at radius 1 is 1.47 bits per heavy atom. The van der Waals surface area contributed by atoms with Crippen molar-refractivity contribution in [3.05, 3.63) is 0 Å². The maximum absolute atomic E-state index is 12.1. The fourth-order valence-electron chi connectivity index (χ4n) is 2.58.